The van der Waals surface area contributed by atoms with Crippen molar-refractivity contribution in [3.05, 3.63) is 18.0 Å². The largest absolute Gasteiger partial charge is 0.355 e. The van der Waals surface area contributed by atoms with Crippen molar-refractivity contribution < 1.29 is 9.59 Å². The number of aromatic amines is 1. The summed E-state index contributed by atoms with van der Waals surface area (Å²) in [6, 6.07) is 1.62. The van der Waals surface area contributed by atoms with Crippen molar-refractivity contribution >= 4 is 17.5 Å². The van der Waals surface area contributed by atoms with Crippen LogP contribution in [-0.4, -0.2) is 23.3 Å². The van der Waals surface area contributed by atoms with Gasteiger partial charge in [-0.15, -0.1) is 0 Å². The van der Waals surface area contributed by atoms with Crippen molar-refractivity contribution in [2.45, 2.75) is 20.8 Å². The summed E-state index contributed by atoms with van der Waals surface area (Å²) in [5, 5.41) is 5.38. The van der Waals surface area contributed by atoms with E-state index in [1.807, 2.05) is 20.8 Å². The SMILES string of the molecule is CCNC(=O)c1cc(NC(=O)C(C)C)c[nH]1. The minimum Gasteiger partial charge on any atom is -0.355 e. The lowest BCUT2D eigenvalue weighted by atomic mass is 10.2. The van der Waals surface area contributed by atoms with Crippen LogP contribution in [0.15, 0.2) is 12.3 Å². The molecule has 0 aromatic carbocycles. The predicted molar refractivity (Wildman–Crippen MR) is 62.3 cm³/mol. The molecule has 0 fully saturated rings. The molecule has 1 rings (SSSR count). The maximum Gasteiger partial charge on any atom is 0.267 e. The molecule has 0 saturated heterocycles. The van der Waals surface area contributed by atoms with E-state index in [0.29, 0.717) is 17.9 Å². The average Bonchev–Trinajstić information content (AvgIpc) is 2.66. The van der Waals surface area contributed by atoms with Gasteiger partial charge in [-0.2, -0.15) is 0 Å². The van der Waals surface area contributed by atoms with E-state index in [1.54, 1.807) is 12.3 Å². The van der Waals surface area contributed by atoms with Gasteiger partial charge < -0.3 is 15.6 Å². The molecular weight excluding hydrogens is 206 g/mol. The molecular formula is C11H17N3O2. The molecule has 0 bridgehead atoms. The number of amides is 2. The molecule has 2 amide bonds. The van der Waals surface area contributed by atoms with Gasteiger partial charge in [0, 0.05) is 18.7 Å². The lowest BCUT2D eigenvalue weighted by molar-refractivity contribution is -0.118. The molecule has 0 unspecified atom stereocenters. The summed E-state index contributed by atoms with van der Waals surface area (Å²) in [5.41, 5.74) is 1.06. The third-order valence-electron chi connectivity index (χ3n) is 2.06. The van der Waals surface area contributed by atoms with Gasteiger partial charge in [-0.25, -0.2) is 0 Å². The fraction of sp³-hybridized carbons (Fsp3) is 0.455. The lowest BCUT2D eigenvalue weighted by Crippen LogP contribution is -2.22. The Bertz CT molecular complexity index is 382. The second kappa shape index (κ2) is 5.34. The highest BCUT2D eigenvalue weighted by molar-refractivity contribution is 5.96. The minimum atomic E-state index is -0.174. The molecule has 3 N–H and O–H groups in total. The van der Waals surface area contributed by atoms with Gasteiger partial charge in [0.2, 0.25) is 5.91 Å². The molecule has 5 heteroatoms. The van der Waals surface area contributed by atoms with Crippen LogP contribution in [0.3, 0.4) is 0 Å². The maximum atomic E-state index is 11.4. The number of aromatic nitrogens is 1. The van der Waals surface area contributed by atoms with Crippen molar-refractivity contribution in [1.82, 2.24) is 10.3 Å². The number of rotatable bonds is 4. The zero-order chi connectivity index (χ0) is 12.1. The Labute approximate surface area is 94.6 Å². The smallest absolute Gasteiger partial charge is 0.267 e. The highest BCUT2D eigenvalue weighted by Crippen LogP contribution is 2.10. The van der Waals surface area contributed by atoms with Crippen LogP contribution in [0.2, 0.25) is 0 Å². The van der Waals surface area contributed by atoms with Crippen molar-refractivity contribution in [3.63, 3.8) is 0 Å². The van der Waals surface area contributed by atoms with E-state index >= 15 is 0 Å². The van der Waals surface area contributed by atoms with Crippen LogP contribution < -0.4 is 10.6 Å². The fourth-order valence-corrected chi connectivity index (χ4v) is 1.14. The third-order valence-corrected chi connectivity index (χ3v) is 2.06. The number of hydrogen-bond acceptors (Lipinski definition) is 2. The van der Waals surface area contributed by atoms with Gasteiger partial charge in [-0.3, -0.25) is 9.59 Å². The fourth-order valence-electron chi connectivity index (χ4n) is 1.14. The molecule has 0 aliphatic heterocycles. The van der Waals surface area contributed by atoms with Crippen molar-refractivity contribution in [2.24, 2.45) is 5.92 Å². The van der Waals surface area contributed by atoms with Gasteiger partial charge in [0.15, 0.2) is 0 Å². The van der Waals surface area contributed by atoms with Gasteiger partial charge in [0.25, 0.3) is 5.91 Å². The number of nitrogens with one attached hydrogen (secondary N) is 3. The van der Waals surface area contributed by atoms with E-state index < -0.39 is 0 Å². The third kappa shape index (κ3) is 3.12. The monoisotopic (exact) mass is 223 g/mol. The molecule has 1 heterocycles. The summed E-state index contributed by atoms with van der Waals surface area (Å²) in [4.78, 5) is 25.6. The second-order valence-electron chi connectivity index (χ2n) is 3.81. The number of carbonyl (C=O) groups excluding carboxylic acids is 2. The van der Waals surface area contributed by atoms with E-state index in [4.69, 9.17) is 0 Å². The molecule has 0 saturated carbocycles. The number of hydrogen-bond donors (Lipinski definition) is 3. The van der Waals surface area contributed by atoms with Crippen LogP contribution in [0.25, 0.3) is 0 Å². The summed E-state index contributed by atoms with van der Waals surface area (Å²) in [6.07, 6.45) is 1.60. The van der Waals surface area contributed by atoms with Gasteiger partial charge in [-0.05, 0) is 13.0 Å². The summed E-state index contributed by atoms with van der Waals surface area (Å²) >= 11 is 0. The van der Waals surface area contributed by atoms with E-state index in [-0.39, 0.29) is 17.7 Å². The molecule has 0 atom stereocenters. The molecule has 1 aromatic rings. The summed E-state index contributed by atoms with van der Waals surface area (Å²) in [6.45, 7) is 6.05. The maximum absolute atomic E-state index is 11.4. The Morgan fingerprint density at radius 2 is 2.12 bits per heavy atom. The van der Waals surface area contributed by atoms with Crippen LogP contribution in [0.4, 0.5) is 5.69 Å². The Morgan fingerprint density at radius 3 is 2.69 bits per heavy atom. The first-order valence-electron chi connectivity index (χ1n) is 5.32. The lowest BCUT2D eigenvalue weighted by Gasteiger charge is -2.04. The standard InChI is InChI=1S/C11H17N3O2/c1-4-12-11(16)9-5-8(6-13-9)14-10(15)7(2)3/h5-7,13H,4H2,1-3H3,(H,12,16)(H,14,15). The first-order valence-corrected chi connectivity index (χ1v) is 5.32. The summed E-state index contributed by atoms with van der Waals surface area (Å²) in [7, 11) is 0. The van der Waals surface area contributed by atoms with Crippen molar-refractivity contribution in [3.8, 4) is 0 Å². The van der Waals surface area contributed by atoms with Gasteiger partial charge in [0.1, 0.15) is 5.69 Å². The highest BCUT2D eigenvalue weighted by atomic mass is 16.2. The molecule has 5 nitrogen and oxygen atoms in total. The van der Waals surface area contributed by atoms with Gasteiger partial charge >= 0.3 is 0 Å². The second-order valence-corrected chi connectivity index (χ2v) is 3.81. The van der Waals surface area contributed by atoms with Crippen LogP contribution in [0.5, 0.6) is 0 Å². The topological polar surface area (TPSA) is 74.0 Å². The van der Waals surface area contributed by atoms with Crippen LogP contribution in [0, 0.1) is 5.92 Å². The summed E-state index contributed by atoms with van der Waals surface area (Å²) in [5.74, 6) is -0.322. The summed E-state index contributed by atoms with van der Waals surface area (Å²) < 4.78 is 0. The molecule has 0 aliphatic rings. The Morgan fingerprint density at radius 1 is 1.44 bits per heavy atom. The molecule has 16 heavy (non-hydrogen) atoms. The zero-order valence-corrected chi connectivity index (χ0v) is 9.76. The Kier molecular flexibility index (Phi) is 4.10. The zero-order valence-electron chi connectivity index (χ0n) is 9.76. The molecule has 88 valence electrons. The van der Waals surface area contributed by atoms with E-state index in [2.05, 4.69) is 15.6 Å². The van der Waals surface area contributed by atoms with E-state index in [9.17, 15) is 9.59 Å². The number of H-pyrrole nitrogens is 1. The van der Waals surface area contributed by atoms with Crippen LogP contribution in [-0.2, 0) is 4.79 Å². The van der Waals surface area contributed by atoms with Crippen molar-refractivity contribution in [1.29, 1.82) is 0 Å². The number of anilines is 1. The van der Waals surface area contributed by atoms with E-state index in [0.717, 1.165) is 0 Å². The van der Waals surface area contributed by atoms with E-state index in [1.165, 1.54) is 0 Å². The molecule has 1 aromatic heterocycles. The van der Waals surface area contributed by atoms with Crippen LogP contribution in [0.1, 0.15) is 31.3 Å². The average molecular weight is 223 g/mol. The first-order chi connectivity index (χ1) is 7.54. The Hall–Kier alpha value is -1.78. The molecule has 0 radical (unpaired) electrons. The quantitative estimate of drug-likeness (QED) is 0.721. The van der Waals surface area contributed by atoms with Gasteiger partial charge in [-0.1, -0.05) is 13.8 Å². The number of carbonyl (C=O) groups is 2. The molecule has 0 spiro atoms. The van der Waals surface area contributed by atoms with Crippen molar-refractivity contribution in [2.75, 3.05) is 11.9 Å². The molecule has 0 aliphatic carbocycles. The first kappa shape index (κ1) is 12.3. The van der Waals surface area contributed by atoms with Gasteiger partial charge in [0.05, 0.1) is 5.69 Å². The highest BCUT2D eigenvalue weighted by Gasteiger charge is 2.10. The predicted octanol–water partition coefficient (Wildman–Crippen LogP) is 1.36. The Balaban J connectivity index is 2.65. The normalized spacial score (nSPS) is 10.2. The van der Waals surface area contributed by atoms with Crippen LogP contribution >= 0.6 is 0 Å². The minimum absolute atomic E-state index is 0.0681.